The lowest BCUT2D eigenvalue weighted by Gasteiger charge is -2.34. The molecule has 104 valence electrons. The predicted octanol–water partition coefficient (Wildman–Crippen LogP) is 2.30. The summed E-state index contributed by atoms with van der Waals surface area (Å²) in [6, 6.07) is 5.28. The Balaban J connectivity index is 2.16. The van der Waals surface area contributed by atoms with Crippen molar-refractivity contribution in [2.75, 3.05) is 20.2 Å². The zero-order valence-corrected chi connectivity index (χ0v) is 12.7. The molecule has 4 nitrogen and oxygen atoms in total. The van der Waals surface area contributed by atoms with Gasteiger partial charge in [0.25, 0.3) is 5.91 Å². The van der Waals surface area contributed by atoms with Gasteiger partial charge in [-0.15, -0.1) is 0 Å². The van der Waals surface area contributed by atoms with Crippen LogP contribution in [-0.4, -0.2) is 42.2 Å². The maximum Gasteiger partial charge on any atom is 0.255 e. The van der Waals surface area contributed by atoms with E-state index in [1.54, 1.807) is 30.2 Å². The first-order chi connectivity index (χ1) is 9.02. The second kappa shape index (κ2) is 5.92. The Kier molecular flexibility index (Phi) is 4.47. The highest BCUT2D eigenvalue weighted by Crippen LogP contribution is 2.26. The van der Waals surface area contributed by atoms with Gasteiger partial charge in [-0.1, -0.05) is 6.92 Å². The third-order valence-electron chi connectivity index (χ3n) is 3.61. The van der Waals surface area contributed by atoms with E-state index in [9.17, 15) is 9.90 Å². The number of halogens is 1. The molecular formula is C14H18BrNO3. The number of aliphatic hydroxyl groups excluding tert-OH is 1. The number of carbonyl (C=O) groups is 1. The molecule has 1 aromatic rings. The lowest BCUT2D eigenvalue weighted by molar-refractivity contribution is 0.0248. The number of hydrogen-bond donors (Lipinski definition) is 1. The van der Waals surface area contributed by atoms with Crippen molar-refractivity contribution in [1.82, 2.24) is 4.90 Å². The van der Waals surface area contributed by atoms with E-state index in [0.29, 0.717) is 28.9 Å². The van der Waals surface area contributed by atoms with Gasteiger partial charge in [-0.05, 0) is 46.5 Å². The monoisotopic (exact) mass is 327 g/mol. The molecule has 1 N–H and O–H groups in total. The smallest absolute Gasteiger partial charge is 0.255 e. The van der Waals surface area contributed by atoms with Crippen LogP contribution < -0.4 is 4.74 Å². The summed E-state index contributed by atoms with van der Waals surface area (Å²) in [5.74, 6) is 0.902. The Hall–Kier alpha value is -1.07. The molecule has 2 rings (SSSR count). The second-order valence-corrected chi connectivity index (χ2v) is 5.78. The SMILES string of the molecule is COc1ccc(C(=O)N2CCC(C)C(O)C2)c(Br)c1. The van der Waals surface area contributed by atoms with Crippen LogP contribution in [0.15, 0.2) is 22.7 Å². The summed E-state index contributed by atoms with van der Waals surface area (Å²) in [7, 11) is 1.59. The number of amides is 1. The minimum Gasteiger partial charge on any atom is -0.497 e. The van der Waals surface area contributed by atoms with E-state index < -0.39 is 6.10 Å². The molecule has 1 heterocycles. The quantitative estimate of drug-likeness (QED) is 0.906. The van der Waals surface area contributed by atoms with Gasteiger partial charge in [0.2, 0.25) is 0 Å². The van der Waals surface area contributed by atoms with Gasteiger partial charge in [0.05, 0.1) is 18.8 Å². The van der Waals surface area contributed by atoms with Crippen molar-refractivity contribution in [3.63, 3.8) is 0 Å². The van der Waals surface area contributed by atoms with Crippen molar-refractivity contribution in [3.05, 3.63) is 28.2 Å². The Morgan fingerprint density at radius 2 is 2.26 bits per heavy atom. The minimum absolute atomic E-state index is 0.0551. The standard InChI is InChI=1S/C14H18BrNO3/c1-9-5-6-16(8-13(9)17)14(18)11-4-3-10(19-2)7-12(11)15/h3-4,7,9,13,17H,5-6,8H2,1-2H3. The molecule has 1 aliphatic rings. The van der Waals surface area contributed by atoms with Gasteiger partial charge < -0.3 is 14.7 Å². The Morgan fingerprint density at radius 3 is 2.84 bits per heavy atom. The van der Waals surface area contributed by atoms with Gasteiger partial charge in [0.1, 0.15) is 5.75 Å². The van der Waals surface area contributed by atoms with E-state index in [1.165, 1.54) is 0 Å². The summed E-state index contributed by atoms with van der Waals surface area (Å²) in [5, 5.41) is 9.87. The van der Waals surface area contributed by atoms with Crippen LogP contribution in [0.25, 0.3) is 0 Å². The zero-order chi connectivity index (χ0) is 14.0. The molecule has 0 aromatic heterocycles. The van der Waals surface area contributed by atoms with Gasteiger partial charge in [0.15, 0.2) is 0 Å². The summed E-state index contributed by atoms with van der Waals surface area (Å²) in [6.07, 6.45) is 0.399. The van der Waals surface area contributed by atoms with Gasteiger partial charge >= 0.3 is 0 Å². The zero-order valence-electron chi connectivity index (χ0n) is 11.1. The average Bonchev–Trinajstić information content (AvgIpc) is 2.41. The molecule has 19 heavy (non-hydrogen) atoms. The molecule has 0 saturated carbocycles. The molecule has 1 fully saturated rings. The van der Waals surface area contributed by atoms with Crippen LogP contribution in [0.4, 0.5) is 0 Å². The number of β-amino-alcohol motifs (C(OH)–C–C–N with tert-alkyl or cyclic N) is 1. The number of carbonyl (C=O) groups excluding carboxylic acids is 1. The lowest BCUT2D eigenvalue weighted by Crippen LogP contribution is -2.45. The maximum atomic E-state index is 12.4. The number of nitrogens with zero attached hydrogens (tertiary/aromatic N) is 1. The van der Waals surface area contributed by atoms with E-state index in [1.807, 2.05) is 6.92 Å². The van der Waals surface area contributed by atoms with Crippen molar-refractivity contribution in [1.29, 1.82) is 0 Å². The molecule has 0 aliphatic carbocycles. The van der Waals surface area contributed by atoms with Gasteiger partial charge in [-0.25, -0.2) is 0 Å². The molecule has 1 aliphatic heterocycles. The summed E-state index contributed by atoms with van der Waals surface area (Å²) >= 11 is 3.39. The first kappa shape index (κ1) is 14.3. The van der Waals surface area contributed by atoms with Crippen molar-refractivity contribution in [2.24, 2.45) is 5.92 Å². The molecule has 0 spiro atoms. The minimum atomic E-state index is -0.435. The molecular weight excluding hydrogens is 310 g/mol. The second-order valence-electron chi connectivity index (χ2n) is 4.93. The molecule has 1 amide bonds. The van der Waals surface area contributed by atoms with Crippen LogP contribution in [0.1, 0.15) is 23.7 Å². The number of benzene rings is 1. The predicted molar refractivity (Wildman–Crippen MR) is 76.4 cm³/mol. The number of ether oxygens (including phenoxy) is 1. The molecule has 1 saturated heterocycles. The van der Waals surface area contributed by atoms with Crippen molar-refractivity contribution < 1.29 is 14.6 Å². The number of piperidine rings is 1. The van der Waals surface area contributed by atoms with Gasteiger partial charge in [0, 0.05) is 17.6 Å². The summed E-state index contributed by atoms with van der Waals surface area (Å²) in [4.78, 5) is 14.1. The highest BCUT2D eigenvalue weighted by Gasteiger charge is 2.28. The van der Waals surface area contributed by atoms with Crippen LogP contribution >= 0.6 is 15.9 Å². The molecule has 1 aromatic carbocycles. The van der Waals surface area contributed by atoms with Crippen LogP contribution in [0.2, 0.25) is 0 Å². The number of methoxy groups -OCH3 is 1. The highest BCUT2D eigenvalue weighted by atomic mass is 79.9. The first-order valence-electron chi connectivity index (χ1n) is 6.33. The van der Waals surface area contributed by atoms with Crippen LogP contribution in [0.3, 0.4) is 0 Å². The number of rotatable bonds is 2. The maximum absolute atomic E-state index is 12.4. The van der Waals surface area contributed by atoms with Crippen LogP contribution in [0.5, 0.6) is 5.75 Å². The fraction of sp³-hybridized carbons (Fsp3) is 0.500. The van der Waals surface area contributed by atoms with E-state index in [0.717, 1.165) is 6.42 Å². The summed E-state index contributed by atoms with van der Waals surface area (Å²) < 4.78 is 5.82. The largest absolute Gasteiger partial charge is 0.497 e. The molecule has 0 bridgehead atoms. The number of aliphatic hydroxyl groups is 1. The fourth-order valence-electron chi connectivity index (χ4n) is 2.20. The van der Waals surface area contributed by atoms with E-state index in [-0.39, 0.29) is 11.8 Å². The molecule has 2 atom stereocenters. The normalized spacial score (nSPS) is 23.3. The highest BCUT2D eigenvalue weighted by molar-refractivity contribution is 9.10. The van der Waals surface area contributed by atoms with E-state index in [4.69, 9.17) is 4.74 Å². The summed E-state index contributed by atoms with van der Waals surface area (Å²) in [6.45, 7) is 3.10. The lowest BCUT2D eigenvalue weighted by atomic mass is 9.95. The first-order valence-corrected chi connectivity index (χ1v) is 7.13. The number of likely N-dealkylation sites (tertiary alicyclic amines) is 1. The third kappa shape index (κ3) is 3.09. The third-order valence-corrected chi connectivity index (χ3v) is 4.27. The van der Waals surface area contributed by atoms with Gasteiger partial charge in [-0.2, -0.15) is 0 Å². The topological polar surface area (TPSA) is 49.8 Å². The van der Waals surface area contributed by atoms with Crippen molar-refractivity contribution in [3.8, 4) is 5.75 Å². The Morgan fingerprint density at radius 1 is 1.53 bits per heavy atom. The molecule has 2 unspecified atom stereocenters. The summed E-state index contributed by atoms with van der Waals surface area (Å²) in [5.41, 5.74) is 0.600. The van der Waals surface area contributed by atoms with Crippen molar-refractivity contribution >= 4 is 21.8 Å². The van der Waals surface area contributed by atoms with Crippen LogP contribution in [-0.2, 0) is 0 Å². The van der Waals surface area contributed by atoms with Crippen molar-refractivity contribution in [2.45, 2.75) is 19.4 Å². The Labute approximate surface area is 121 Å². The average molecular weight is 328 g/mol. The number of hydrogen-bond acceptors (Lipinski definition) is 3. The van der Waals surface area contributed by atoms with E-state index in [2.05, 4.69) is 15.9 Å². The molecule has 5 heteroatoms. The van der Waals surface area contributed by atoms with E-state index >= 15 is 0 Å². The Bertz CT molecular complexity index is 478. The van der Waals surface area contributed by atoms with Crippen LogP contribution in [0, 0.1) is 5.92 Å². The fourth-order valence-corrected chi connectivity index (χ4v) is 2.73. The van der Waals surface area contributed by atoms with Gasteiger partial charge in [-0.3, -0.25) is 4.79 Å². The molecule has 0 radical (unpaired) electrons.